The number of halogens is 2. The number of carbonyl (C=O) groups is 1. The van der Waals surface area contributed by atoms with E-state index in [2.05, 4.69) is 41.5 Å². The second-order valence-corrected chi connectivity index (χ2v) is 8.61. The fourth-order valence-electron chi connectivity index (χ4n) is 3.16. The Hall–Kier alpha value is -3.09. The lowest BCUT2D eigenvalue weighted by Gasteiger charge is -2.15. The van der Waals surface area contributed by atoms with Gasteiger partial charge in [0.2, 0.25) is 0 Å². The highest BCUT2D eigenvalue weighted by Crippen LogP contribution is 2.28. The number of rotatable bonds is 6. The molecule has 1 atom stereocenters. The van der Waals surface area contributed by atoms with Crippen LogP contribution < -0.4 is 10.1 Å². The van der Waals surface area contributed by atoms with Gasteiger partial charge in [-0.05, 0) is 66.9 Å². The SMILES string of the molecule is CC(C)c1ccc(-n2nc3ccc(NC(=O)[C@H](C)Oc4ccc(Cl)cc4Cl)cc3n2)cc1. The van der Waals surface area contributed by atoms with E-state index < -0.39 is 6.10 Å². The van der Waals surface area contributed by atoms with Crippen LogP contribution in [0.3, 0.4) is 0 Å². The minimum atomic E-state index is -0.764. The Labute approximate surface area is 196 Å². The van der Waals surface area contributed by atoms with E-state index in [4.69, 9.17) is 27.9 Å². The summed E-state index contributed by atoms with van der Waals surface area (Å²) in [6, 6.07) is 18.4. The van der Waals surface area contributed by atoms with Gasteiger partial charge in [-0.15, -0.1) is 10.2 Å². The monoisotopic (exact) mass is 468 g/mol. The zero-order valence-corrected chi connectivity index (χ0v) is 19.4. The molecule has 4 rings (SSSR count). The summed E-state index contributed by atoms with van der Waals surface area (Å²) in [7, 11) is 0. The van der Waals surface area contributed by atoms with Gasteiger partial charge in [-0.3, -0.25) is 4.79 Å². The Morgan fingerprint density at radius 2 is 1.66 bits per heavy atom. The molecule has 0 spiro atoms. The maximum absolute atomic E-state index is 12.6. The highest BCUT2D eigenvalue weighted by atomic mass is 35.5. The molecule has 3 aromatic carbocycles. The molecule has 6 nitrogen and oxygen atoms in total. The van der Waals surface area contributed by atoms with Crippen LogP contribution in [0.4, 0.5) is 5.69 Å². The lowest BCUT2D eigenvalue weighted by atomic mass is 10.0. The van der Waals surface area contributed by atoms with Gasteiger partial charge in [0, 0.05) is 10.7 Å². The van der Waals surface area contributed by atoms with Gasteiger partial charge in [-0.1, -0.05) is 49.2 Å². The number of amides is 1. The summed E-state index contributed by atoms with van der Waals surface area (Å²) in [5.74, 6) is 0.537. The van der Waals surface area contributed by atoms with Crippen molar-refractivity contribution in [2.24, 2.45) is 0 Å². The summed E-state index contributed by atoms with van der Waals surface area (Å²) in [4.78, 5) is 14.2. The second-order valence-electron chi connectivity index (χ2n) is 7.76. The Morgan fingerprint density at radius 1 is 0.938 bits per heavy atom. The van der Waals surface area contributed by atoms with Crippen LogP contribution >= 0.6 is 23.2 Å². The third-order valence-electron chi connectivity index (χ3n) is 5.01. The molecule has 0 fully saturated rings. The number of aromatic nitrogens is 3. The highest BCUT2D eigenvalue weighted by Gasteiger charge is 2.17. The Balaban J connectivity index is 1.48. The zero-order chi connectivity index (χ0) is 22.8. The first kappa shape index (κ1) is 22.1. The maximum atomic E-state index is 12.6. The number of hydrogen-bond donors (Lipinski definition) is 1. The fraction of sp³-hybridized carbons (Fsp3) is 0.208. The Kier molecular flexibility index (Phi) is 6.35. The van der Waals surface area contributed by atoms with E-state index >= 15 is 0 Å². The van der Waals surface area contributed by atoms with E-state index in [0.717, 1.165) is 11.2 Å². The van der Waals surface area contributed by atoms with Crippen LogP contribution in [0.5, 0.6) is 5.75 Å². The van der Waals surface area contributed by atoms with E-state index in [-0.39, 0.29) is 5.91 Å². The first-order valence-electron chi connectivity index (χ1n) is 10.2. The van der Waals surface area contributed by atoms with E-state index in [9.17, 15) is 4.79 Å². The molecule has 0 aliphatic carbocycles. The van der Waals surface area contributed by atoms with Crippen molar-refractivity contribution >= 4 is 45.8 Å². The number of nitrogens with one attached hydrogen (secondary N) is 1. The van der Waals surface area contributed by atoms with Crippen molar-refractivity contribution in [3.05, 3.63) is 76.3 Å². The average Bonchev–Trinajstić information content (AvgIpc) is 3.19. The Morgan fingerprint density at radius 3 is 2.34 bits per heavy atom. The van der Waals surface area contributed by atoms with E-state index in [1.165, 1.54) is 5.56 Å². The van der Waals surface area contributed by atoms with Crippen molar-refractivity contribution < 1.29 is 9.53 Å². The lowest BCUT2D eigenvalue weighted by molar-refractivity contribution is -0.122. The van der Waals surface area contributed by atoms with E-state index in [1.807, 2.05) is 18.2 Å². The van der Waals surface area contributed by atoms with Gasteiger partial charge in [-0.25, -0.2) is 0 Å². The second kappa shape index (κ2) is 9.18. The summed E-state index contributed by atoms with van der Waals surface area (Å²) >= 11 is 12.0. The fourth-order valence-corrected chi connectivity index (χ4v) is 3.61. The van der Waals surface area contributed by atoms with Crippen molar-refractivity contribution in [3.8, 4) is 11.4 Å². The van der Waals surface area contributed by atoms with Crippen molar-refractivity contribution in [3.63, 3.8) is 0 Å². The number of hydrogen-bond acceptors (Lipinski definition) is 4. The first-order valence-corrected chi connectivity index (χ1v) is 11.0. The van der Waals surface area contributed by atoms with Crippen molar-refractivity contribution in [2.45, 2.75) is 32.8 Å². The van der Waals surface area contributed by atoms with Gasteiger partial charge < -0.3 is 10.1 Å². The van der Waals surface area contributed by atoms with Crippen LogP contribution in [-0.4, -0.2) is 27.0 Å². The molecule has 1 N–H and O–H groups in total. The molecule has 0 unspecified atom stereocenters. The van der Waals surface area contributed by atoms with E-state index in [0.29, 0.717) is 32.9 Å². The van der Waals surface area contributed by atoms with Gasteiger partial charge in [0.1, 0.15) is 16.8 Å². The molecular formula is C24H22Cl2N4O2. The summed E-state index contributed by atoms with van der Waals surface area (Å²) < 4.78 is 5.68. The molecule has 1 heterocycles. The predicted octanol–water partition coefficient (Wildman–Crippen LogP) is 6.26. The predicted molar refractivity (Wildman–Crippen MR) is 128 cm³/mol. The van der Waals surface area contributed by atoms with Gasteiger partial charge in [0.05, 0.1) is 10.7 Å². The largest absolute Gasteiger partial charge is 0.479 e. The number of fused-ring (bicyclic) bond motifs is 1. The number of ether oxygens (including phenoxy) is 1. The van der Waals surface area contributed by atoms with Crippen LogP contribution in [0.2, 0.25) is 10.0 Å². The zero-order valence-electron chi connectivity index (χ0n) is 17.8. The standard InChI is InChI=1S/C24H22Cl2N4O2/c1-14(2)16-4-8-19(9-5-16)30-28-21-10-7-18(13-22(21)29-30)27-24(31)15(3)32-23-11-6-17(25)12-20(23)26/h4-15H,1-3H3,(H,27,31)/t15-/m0/s1. The maximum Gasteiger partial charge on any atom is 0.265 e. The molecule has 0 aliphatic heterocycles. The molecule has 1 aromatic heterocycles. The Bertz CT molecular complexity index is 1270. The smallest absolute Gasteiger partial charge is 0.265 e. The average molecular weight is 469 g/mol. The third kappa shape index (κ3) is 4.87. The molecule has 0 radical (unpaired) electrons. The summed E-state index contributed by atoms with van der Waals surface area (Å²) in [6.45, 7) is 5.96. The van der Waals surface area contributed by atoms with Gasteiger partial charge in [0.15, 0.2) is 6.10 Å². The molecule has 164 valence electrons. The molecule has 0 saturated carbocycles. The third-order valence-corrected chi connectivity index (χ3v) is 5.54. The van der Waals surface area contributed by atoms with Gasteiger partial charge in [-0.2, -0.15) is 4.80 Å². The summed E-state index contributed by atoms with van der Waals surface area (Å²) in [5, 5.41) is 12.8. The molecule has 0 aliphatic rings. The molecule has 32 heavy (non-hydrogen) atoms. The highest BCUT2D eigenvalue weighted by molar-refractivity contribution is 6.35. The number of anilines is 1. The summed E-state index contributed by atoms with van der Waals surface area (Å²) in [6.07, 6.45) is -0.764. The minimum Gasteiger partial charge on any atom is -0.479 e. The molecule has 4 aromatic rings. The summed E-state index contributed by atoms with van der Waals surface area (Å²) in [5.41, 5.74) is 4.13. The number of carbonyl (C=O) groups excluding carboxylic acids is 1. The number of benzene rings is 3. The van der Waals surface area contributed by atoms with Crippen LogP contribution in [0.1, 0.15) is 32.3 Å². The normalized spacial score (nSPS) is 12.2. The van der Waals surface area contributed by atoms with Gasteiger partial charge >= 0.3 is 0 Å². The van der Waals surface area contributed by atoms with Crippen LogP contribution in [0, 0.1) is 0 Å². The lowest BCUT2D eigenvalue weighted by Crippen LogP contribution is -2.30. The van der Waals surface area contributed by atoms with Crippen molar-refractivity contribution in [1.29, 1.82) is 0 Å². The van der Waals surface area contributed by atoms with E-state index in [1.54, 1.807) is 42.1 Å². The van der Waals surface area contributed by atoms with Crippen LogP contribution in [0.15, 0.2) is 60.7 Å². The van der Waals surface area contributed by atoms with Crippen molar-refractivity contribution in [1.82, 2.24) is 15.0 Å². The topological polar surface area (TPSA) is 69.0 Å². The minimum absolute atomic E-state index is 0.313. The van der Waals surface area contributed by atoms with Gasteiger partial charge in [0.25, 0.3) is 5.91 Å². The molecule has 8 heteroatoms. The molecule has 0 bridgehead atoms. The number of nitrogens with zero attached hydrogens (tertiary/aromatic N) is 3. The molecule has 0 saturated heterocycles. The first-order chi connectivity index (χ1) is 15.3. The quantitative estimate of drug-likeness (QED) is 0.362. The molecule has 1 amide bonds. The van der Waals surface area contributed by atoms with Crippen LogP contribution in [-0.2, 0) is 4.79 Å². The van der Waals surface area contributed by atoms with Crippen molar-refractivity contribution in [2.75, 3.05) is 5.32 Å². The van der Waals surface area contributed by atoms with Crippen LogP contribution in [0.25, 0.3) is 16.7 Å². The molecular weight excluding hydrogens is 447 g/mol.